The molecule has 0 aliphatic heterocycles. The quantitative estimate of drug-likeness (QED) is 0.740. The van der Waals surface area contributed by atoms with Crippen molar-refractivity contribution in [2.24, 2.45) is 0 Å². The van der Waals surface area contributed by atoms with Gasteiger partial charge in [-0.3, -0.25) is 14.5 Å². The number of pyridine rings is 1. The van der Waals surface area contributed by atoms with Crippen LogP contribution in [0.25, 0.3) is 0 Å². The van der Waals surface area contributed by atoms with Gasteiger partial charge in [-0.25, -0.2) is 0 Å². The van der Waals surface area contributed by atoms with E-state index in [2.05, 4.69) is 43.5 Å². The number of hydrogen-bond donors (Lipinski definition) is 1. The summed E-state index contributed by atoms with van der Waals surface area (Å²) in [5.74, 6) is -0.183. The van der Waals surface area contributed by atoms with Crippen molar-refractivity contribution in [2.75, 3.05) is 5.32 Å². The van der Waals surface area contributed by atoms with Crippen LogP contribution in [-0.4, -0.2) is 20.7 Å². The first kappa shape index (κ1) is 16.4. The van der Waals surface area contributed by atoms with E-state index in [4.69, 9.17) is 0 Å². The number of nitrogens with zero attached hydrogens (tertiary/aromatic N) is 3. The molecule has 0 bridgehead atoms. The standard InChI is InChI=1S/C18H17BrN4O/c1-12-17(21-18(24)15-4-3-9-20-10-15)13(2)23(22-12)11-14-5-7-16(19)8-6-14/h3-10H,11H2,1-2H3,(H,21,24). The van der Waals surface area contributed by atoms with Crippen LogP contribution < -0.4 is 5.32 Å². The number of anilines is 1. The molecule has 0 saturated heterocycles. The number of nitrogens with one attached hydrogen (secondary N) is 1. The maximum Gasteiger partial charge on any atom is 0.257 e. The Balaban J connectivity index is 1.81. The molecule has 0 aliphatic rings. The summed E-state index contributed by atoms with van der Waals surface area (Å²) < 4.78 is 2.95. The fourth-order valence-corrected chi connectivity index (χ4v) is 2.74. The van der Waals surface area contributed by atoms with Gasteiger partial charge in [0.25, 0.3) is 5.91 Å². The Kier molecular flexibility index (Phi) is 4.76. The van der Waals surface area contributed by atoms with E-state index < -0.39 is 0 Å². The molecule has 122 valence electrons. The first-order valence-electron chi connectivity index (χ1n) is 7.54. The number of rotatable bonds is 4. The Hall–Kier alpha value is -2.47. The van der Waals surface area contributed by atoms with Crippen molar-refractivity contribution < 1.29 is 4.79 Å². The number of aryl methyl sites for hydroxylation is 1. The summed E-state index contributed by atoms with van der Waals surface area (Å²) in [5.41, 5.74) is 4.14. The predicted octanol–water partition coefficient (Wildman–Crippen LogP) is 3.96. The monoisotopic (exact) mass is 384 g/mol. The third-order valence-electron chi connectivity index (χ3n) is 3.79. The van der Waals surface area contributed by atoms with Gasteiger partial charge >= 0.3 is 0 Å². The van der Waals surface area contributed by atoms with E-state index in [0.717, 1.165) is 27.1 Å². The summed E-state index contributed by atoms with van der Waals surface area (Å²) in [7, 11) is 0. The van der Waals surface area contributed by atoms with Gasteiger partial charge in [-0.05, 0) is 43.7 Å². The molecule has 2 aromatic heterocycles. The van der Waals surface area contributed by atoms with Crippen molar-refractivity contribution in [1.29, 1.82) is 0 Å². The molecule has 0 atom stereocenters. The molecule has 1 N–H and O–H groups in total. The minimum atomic E-state index is -0.183. The summed E-state index contributed by atoms with van der Waals surface area (Å²) in [6, 6.07) is 11.6. The minimum absolute atomic E-state index is 0.183. The number of amides is 1. The SMILES string of the molecule is Cc1nn(Cc2ccc(Br)cc2)c(C)c1NC(=O)c1cccnc1. The van der Waals surface area contributed by atoms with Crippen LogP contribution in [0.4, 0.5) is 5.69 Å². The maximum absolute atomic E-state index is 12.3. The van der Waals surface area contributed by atoms with Crippen LogP contribution in [0.3, 0.4) is 0 Å². The Labute approximate surface area is 148 Å². The summed E-state index contributed by atoms with van der Waals surface area (Å²) in [5, 5.41) is 7.49. The van der Waals surface area contributed by atoms with E-state index in [0.29, 0.717) is 12.1 Å². The number of halogens is 1. The predicted molar refractivity (Wildman–Crippen MR) is 97.1 cm³/mol. The summed E-state index contributed by atoms with van der Waals surface area (Å²) in [6.07, 6.45) is 3.19. The van der Waals surface area contributed by atoms with Crippen LogP contribution in [0.1, 0.15) is 27.3 Å². The molecule has 2 heterocycles. The molecule has 0 spiro atoms. The van der Waals surface area contributed by atoms with Gasteiger partial charge in [0.2, 0.25) is 0 Å². The molecule has 0 unspecified atom stereocenters. The van der Waals surface area contributed by atoms with Crippen LogP contribution in [0.2, 0.25) is 0 Å². The molecule has 3 aromatic rings. The van der Waals surface area contributed by atoms with E-state index in [-0.39, 0.29) is 5.91 Å². The van der Waals surface area contributed by atoms with Gasteiger partial charge in [-0.2, -0.15) is 5.10 Å². The number of benzene rings is 1. The van der Waals surface area contributed by atoms with Crippen LogP contribution >= 0.6 is 15.9 Å². The van der Waals surface area contributed by atoms with Crippen molar-refractivity contribution in [3.63, 3.8) is 0 Å². The normalized spacial score (nSPS) is 10.6. The number of carbonyl (C=O) groups is 1. The molecule has 1 aromatic carbocycles. The minimum Gasteiger partial charge on any atom is -0.319 e. The zero-order chi connectivity index (χ0) is 17.1. The van der Waals surface area contributed by atoms with Gasteiger partial charge in [0.15, 0.2) is 0 Å². The van der Waals surface area contributed by atoms with Gasteiger partial charge in [0.05, 0.1) is 29.2 Å². The van der Waals surface area contributed by atoms with Crippen LogP contribution in [0.15, 0.2) is 53.3 Å². The largest absolute Gasteiger partial charge is 0.319 e. The van der Waals surface area contributed by atoms with E-state index in [9.17, 15) is 4.79 Å². The molecule has 3 rings (SSSR count). The van der Waals surface area contributed by atoms with E-state index >= 15 is 0 Å². The molecule has 1 amide bonds. The Bertz CT molecular complexity index is 857. The molecule has 0 radical (unpaired) electrons. The van der Waals surface area contributed by atoms with Gasteiger partial charge in [-0.1, -0.05) is 28.1 Å². The highest BCUT2D eigenvalue weighted by Gasteiger charge is 2.15. The number of aromatic nitrogens is 3. The lowest BCUT2D eigenvalue weighted by molar-refractivity contribution is 0.102. The van der Waals surface area contributed by atoms with Gasteiger partial charge in [-0.15, -0.1) is 0 Å². The van der Waals surface area contributed by atoms with Crippen molar-refractivity contribution >= 4 is 27.5 Å². The third kappa shape index (κ3) is 3.54. The van der Waals surface area contributed by atoms with Crippen molar-refractivity contribution in [1.82, 2.24) is 14.8 Å². The first-order valence-corrected chi connectivity index (χ1v) is 8.33. The van der Waals surface area contributed by atoms with Gasteiger partial charge < -0.3 is 5.32 Å². The molecule has 6 heteroatoms. The molecule has 24 heavy (non-hydrogen) atoms. The highest BCUT2D eigenvalue weighted by atomic mass is 79.9. The van der Waals surface area contributed by atoms with Gasteiger partial charge in [0.1, 0.15) is 0 Å². The van der Waals surface area contributed by atoms with E-state index in [1.165, 1.54) is 0 Å². The molecule has 0 saturated carbocycles. The van der Waals surface area contributed by atoms with E-state index in [1.54, 1.807) is 24.5 Å². The number of hydrogen-bond acceptors (Lipinski definition) is 3. The van der Waals surface area contributed by atoms with E-state index in [1.807, 2.05) is 30.7 Å². The molecule has 5 nitrogen and oxygen atoms in total. The smallest absolute Gasteiger partial charge is 0.257 e. The average Bonchev–Trinajstić information content (AvgIpc) is 2.85. The lowest BCUT2D eigenvalue weighted by Crippen LogP contribution is -2.13. The summed E-state index contributed by atoms with van der Waals surface area (Å²) in [4.78, 5) is 16.3. The lowest BCUT2D eigenvalue weighted by Gasteiger charge is -2.07. The van der Waals surface area contributed by atoms with Crippen LogP contribution in [-0.2, 0) is 6.54 Å². The van der Waals surface area contributed by atoms with Gasteiger partial charge in [0, 0.05) is 16.9 Å². The molecule has 0 aliphatic carbocycles. The van der Waals surface area contributed by atoms with Crippen molar-refractivity contribution in [2.45, 2.75) is 20.4 Å². The fourth-order valence-electron chi connectivity index (χ4n) is 2.48. The number of carbonyl (C=O) groups excluding carboxylic acids is 1. The van der Waals surface area contributed by atoms with Crippen LogP contribution in [0, 0.1) is 13.8 Å². The lowest BCUT2D eigenvalue weighted by atomic mass is 10.2. The van der Waals surface area contributed by atoms with Crippen molar-refractivity contribution in [3.8, 4) is 0 Å². The highest BCUT2D eigenvalue weighted by Crippen LogP contribution is 2.21. The Morgan fingerprint density at radius 2 is 1.96 bits per heavy atom. The van der Waals surface area contributed by atoms with Crippen LogP contribution in [0.5, 0.6) is 0 Å². The Morgan fingerprint density at radius 3 is 2.62 bits per heavy atom. The molecular formula is C18H17BrN4O. The zero-order valence-electron chi connectivity index (χ0n) is 13.5. The second-order valence-corrected chi connectivity index (χ2v) is 6.44. The highest BCUT2D eigenvalue weighted by molar-refractivity contribution is 9.10. The third-order valence-corrected chi connectivity index (χ3v) is 4.32. The second kappa shape index (κ2) is 6.97. The topological polar surface area (TPSA) is 59.8 Å². The summed E-state index contributed by atoms with van der Waals surface area (Å²) in [6.45, 7) is 4.50. The zero-order valence-corrected chi connectivity index (χ0v) is 15.0. The maximum atomic E-state index is 12.3. The molecule has 0 fully saturated rings. The Morgan fingerprint density at radius 1 is 1.21 bits per heavy atom. The second-order valence-electron chi connectivity index (χ2n) is 5.53. The summed E-state index contributed by atoms with van der Waals surface area (Å²) >= 11 is 3.44. The average molecular weight is 385 g/mol. The molecular weight excluding hydrogens is 368 g/mol. The van der Waals surface area contributed by atoms with Crippen molar-refractivity contribution in [3.05, 3.63) is 75.8 Å². The fraction of sp³-hybridized carbons (Fsp3) is 0.167. The first-order chi connectivity index (χ1) is 11.5.